The number of pyridine rings is 2. The summed E-state index contributed by atoms with van der Waals surface area (Å²) in [4.78, 5) is 94.3. The minimum atomic E-state index is -1.99. The Morgan fingerprint density at radius 1 is 0.933 bits per heavy atom. The highest BCUT2D eigenvalue weighted by Crippen LogP contribution is 2.43. The number of amides is 4. The fourth-order valence-corrected chi connectivity index (χ4v) is 9.31. The van der Waals surface area contributed by atoms with E-state index in [1.54, 1.807) is 37.5 Å². The normalized spacial score (nSPS) is 15.6. The Balaban J connectivity index is 0.957. The molecule has 6 N–H and O–H groups in total. The first kappa shape index (κ1) is 55.6. The predicted molar refractivity (Wildman–Crippen MR) is 279 cm³/mol. The van der Waals surface area contributed by atoms with Gasteiger partial charge in [0.15, 0.2) is 21.9 Å². The molecule has 398 valence electrons. The summed E-state index contributed by atoms with van der Waals surface area (Å²) in [6, 6.07) is 3.25. The lowest BCUT2D eigenvalue weighted by molar-refractivity contribution is -0.172. The number of hydrogen-bond donors (Lipinski definition) is 6. The third-order valence-electron chi connectivity index (χ3n) is 13.2. The third kappa shape index (κ3) is 13.6. The molecule has 1 aromatic carbocycles. The highest BCUT2D eigenvalue weighted by atomic mass is 32.1. The van der Waals surface area contributed by atoms with Gasteiger partial charge in [0, 0.05) is 53.4 Å². The lowest BCUT2D eigenvalue weighted by Crippen LogP contribution is -2.56. The summed E-state index contributed by atoms with van der Waals surface area (Å²) in [5, 5.41) is 23.0. The van der Waals surface area contributed by atoms with E-state index in [4.69, 9.17) is 36.1 Å². The molecule has 20 nitrogen and oxygen atoms in total. The molecule has 0 saturated heterocycles. The molecule has 21 heteroatoms. The summed E-state index contributed by atoms with van der Waals surface area (Å²) in [6.45, 7) is 11.4. The quantitative estimate of drug-likeness (QED) is 0.0178. The van der Waals surface area contributed by atoms with E-state index in [1.165, 1.54) is 4.57 Å². The molecule has 0 spiro atoms. The zero-order valence-electron chi connectivity index (χ0n) is 43.1. The number of fused-ring (bicyclic) bond motifs is 6. The van der Waals surface area contributed by atoms with Crippen molar-refractivity contribution in [3.8, 4) is 46.6 Å². The van der Waals surface area contributed by atoms with E-state index >= 15 is 0 Å². The Morgan fingerprint density at radius 3 is 2.43 bits per heavy atom. The minimum absolute atomic E-state index is 0.000495. The SMILES string of the molecule is CCCN(CCC)CCCC[C@H](NC(=O)[C@@H](NC(=O)CCCC#Cc1cnc(=S)[nH]c1)C(C)C)C(=O)NCC(=O)NCOCC#Cc1c2c(nc3cc4c(cc13)OCO4)-c1cc3c(c(=O)n1C2)COC(=O)[C@]3(O)CC. The van der Waals surface area contributed by atoms with Crippen LogP contribution in [0.4, 0.5) is 0 Å². The monoisotopic (exact) mass is 1050 g/mol. The molecule has 3 aromatic heterocycles. The number of nitrogens with zero attached hydrogens (tertiary/aromatic N) is 4. The van der Waals surface area contributed by atoms with Crippen LogP contribution in [0.15, 0.2) is 35.4 Å². The first-order chi connectivity index (χ1) is 36.1. The topological polar surface area (TPSA) is 257 Å². The molecule has 3 atom stereocenters. The molecule has 0 fully saturated rings. The number of aliphatic hydroxyl groups is 1. The molecule has 0 aliphatic carbocycles. The van der Waals surface area contributed by atoms with E-state index in [9.17, 15) is 33.9 Å². The molecule has 0 radical (unpaired) electrons. The van der Waals surface area contributed by atoms with Gasteiger partial charge in [0.25, 0.3) is 5.56 Å². The van der Waals surface area contributed by atoms with Gasteiger partial charge >= 0.3 is 5.97 Å². The molecule has 0 bridgehead atoms. The maximum Gasteiger partial charge on any atom is 0.343 e. The van der Waals surface area contributed by atoms with Gasteiger partial charge in [-0.3, -0.25) is 24.0 Å². The molecular weight excluding hydrogens is 983 g/mol. The molecule has 4 aromatic rings. The highest BCUT2D eigenvalue weighted by molar-refractivity contribution is 7.71. The number of H-pyrrole nitrogens is 1. The Bertz CT molecular complexity index is 3030. The smallest absolute Gasteiger partial charge is 0.343 e. The van der Waals surface area contributed by atoms with Crippen molar-refractivity contribution < 1.29 is 48.0 Å². The number of esters is 1. The molecule has 0 unspecified atom stereocenters. The zero-order chi connectivity index (χ0) is 53.6. The number of benzene rings is 1. The highest BCUT2D eigenvalue weighted by Gasteiger charge is 2.45. The summed E-state index contributed by atoms with van der Waals surface area (Å²) in [7, 11) is 0. The summed E-state index contributed by atoms with van der Waals surface area (Å²) in [5.74, 6) is 10.1. The van der Waals surface area contributed by atoms with Crippen molar-refractivity contribution in [2.24, 2.45) is 5.92 Å². The second kappa shape index (κ2) is 25.9. The average Bonchev–Trinajstić information content (AvgIpc) is 4.02. The van der Waals surface area contributed by atoms with Crippen LogP contribution in [-0.2, 0) is 52.2 Å². The van der Waals surface area contributed by atoms with Gasteiger partial charge in [-0.1, -0.05) is 58.3 Å². The van der Waals surface area contributed by atoms with Crippen LogP contribution in [0.5, 0.6) is 11.5 Å². The summed E-state index contributed by atoms with van der Waals surface area (Å²) < 4.78 is 24.1. The molecule has 7 rings (SSSR count). The van der Waals surface area contributed by atoms with Crippen molar-refractivity contribution in [3.05, 3.63) is 73.5 Å². The molecular formula is C54H65N9O11S. The Morgan fingerprint density at radius 2 is 1.71 bits per heavy atom. The lowest BCUT2D eigenvalue weighted by Gasteiger charge is -2.31. The average molecular weight is 1050 g/mol. The van der Waals surface area contributed by atoms with Crippen molar-refractivity contribution in [1.29, 1.82) is 0 Å². The number of nitrogens with one attached hydrogen (secondary N) is 5. The maximum absolute atomic E-state index is 13.9. The van der Waals surface area contributed by atoms with Gasteiger partial charge in [-0.2, -0.15) is 0 Å². The Hall–Kier alpha value is -7.17. The number of ether oxygens (including phenoxy) is 4. The van der Waals surface area contributed by atoms with Crippen molar-refractivity contribution in [2.45, 2.75) is 123 Å². The van der Waals surface area contributed by atoms with Gasteiger partial charge in [-0.05, 0) is 94.8 Å². The molecule has 3 aliphatic rings. The predicted octanol–water partition coefficient (Wildman–Crippen LogP) is 3.96. The van der Waals surface area contributed by atoms with Crippen molar-refractivity contribution in [1.82, 2.24) is 45.7 Å². The fraction of sp³-hybridized carbons (Fsp3) is 0.500. The summed E-state index contributed by atoms with van der Waals surface area (Å²) >= 11 is 4.96. The summed E-state index contributed by atoms with van der Waals surface area (Å²) in [6.07, 6.45) is 8.09. The number of unbranched alkanes of at least 4 members (excludes halogenated alkanes) is 2. The molecule has 3 aliphatic heterocycles. The molecule has 0 saturated carbocycles. The van der Waals surface area contributed by atoms with Crippen molar-refractivity contribution >= 4 is 52.7 Å². The van der Waals surface area contributed by atoms with Crippen LogP contribution < -0.4 is 36.3 Å². The van der Waals surface area contributed by atoms with Crippen LogP contribution in [0.2, 0.25) is 0 Å². The van der Waals surface area contributed by atoms with Gasteiger partial charge in [-0.25, -0.2) is 14.8 Å². The summed E-state index contributed by atoms with van der Waals surface area (Å²) in [5.41, 5.74) is 1.23. The number of cyclic esters (lactones) is 1. The number of carbonyl (C=O) groups is 5. The Kier molecular flexibility index (Phi) is 19.2. The molecule has 4 amide bonds. The standard InChI is InChI=1S/C54H65N9O11S/c1-6-19-62(20-7-2)21-13-12-17-40(60-50(67)47(33(4)5)61-45(64)18-11-9-10-15-34-26-56-53(75)57-27-34)49(66)55-28-46(65)58-31-71-22-14-16-35-36-23-43-44(74-32-73-43)25-41(36)59-48-37(35)29-63-42(48)24-39-38(51(63)68)30-72-52(69)54(39,70)8-3/h23-27,33,40,47,70H,6-9,11-13,17-22,28-32H2,1-5H3,(H,55,66)(H,58,65)(H,60,67)(H,61,64)(H,56,57,75)/t40-,47-,54-/m0/s1. The van der Waals surface area contributed by atoms with Crippen LogP contribution >= 0.6 is 12.2 Å². The first-order valence-electron chi connectivity index (χ1n) is 25.6. The van der Waals surface area contributed by atoms with E-state index < -0.39 is 53.5 Å². The third-order valence-corrected chi connectivity index (χ3v) is 13.4. The van der Waals surface area contributed by atoms with E-state index in [2.05, 4.69) is 73.7 Å². The molecule has 6 heterocycles. The van der Waals surface area contributed by atoms with Crippen molar-refractivity contribution in [2.75, 3.05) is 46.3 Å². The van der Waals surface area contributed by atoms with E-state index in [0.29, 0.717) is 80.9 Å². The zero-order valence-corrected chi connectivity index (χ0v) is 43.9. The fourth-order valence-electron chi connectivity index (χ4n) is 9.20. The first-order valence-corrected chi connectivity index (χ1v) is 26.0. The number of rotatable bonds is 23. The van der Waals surface area contributed by atoms with Gasteiger partial charge in [0.1, 0.15) is 32.0 Å². The lowest BCUT2D eigenvalue weighted by atomic mass is 9.86. The van der Waals surface area contributed by atoms with Gasteiger partial charge in [0.2, 0.25) is 30.4 Å². The second-order valence-corrected chi connectivity index (χ2v) is 19.3. The van der Waals surface area contributed by atoms with E-state index in [-0.39, 0.29) is 69.1 Å². The van der Waals surface area contributed by atoms with Crippen LogP contribution in [0.3, 0.4) is 0 Å². The van der Waals surface area contributed by atoms with Crippen molar-refractivity contribution in [3.63, 3.8) is 0 Å². The van der Waals surface area contributed by atoms with E-state index in [0.717, 1.165) is 38.9 Å². The van der Waals surface area contributed by atoms with Crippen LogP contribution in [0.1, 0.15) is 120 Å². The van der Waals surface area contributed by atoms with Crippen LogP contribution in [0.25, 0.3) is 22.3 Å². The van der Waals surface area contributed by atoms with Gasteiger partial charge < -0.3 is 59.8 Å². The largest absolute Gasteiger partial charge is 0.458 e. The number of carbonyl (C=O) groups excluding carboxylic acids is 5. The second-order valence-electron chi connectivity index (χ2n) is 18.9. The maximum atomic E-state index is 13.9. The van der Waals surface area contributed by atoms with Crippen LogP contribution in [0, 0.1) is 34.4 Å². The van der Waals surface area contributed by atoms with Crippen LogP contribution in [-0.4, -0.2) is 118 Å². The molecule has 75 heavy (non-hydrogen) atoms. The Labute approximate surface area is 440 Å². The number of aromatic amines is 1. The minimum Gasteiger partial charge on any atom is -0.458 e. The number of aromatic nitrogens is 4. The van der Waals surface area contributed by atoms with Gasteiger partial charge in [-0.15, -0.1) is 0 Å². The van der Waals surface area contributed by atoms with E-state index in [1.807, 2.05) is 13.8 Å². The number of hydrogen-bond acceptors (Lipinski definition) is 15. The van der Waals surface area contributed by atoms with Gasteiger partial charge in [0.05, 0.1) is 41.1 Å².